The summed E-state index contributed by atoms with van der Waals surface area (Å²) in [6.45, 7) is 8.74. The van der Waals surface area contributed by atoms with Gasteiger partial charge in [0.1, 0.15) is 17.4 Å². The van der Waals surface area contributed by atoms with E-state index in [0.717, 1.165) is 12.8 Å². The van der Waals surface area contributed by atoms with Gasteiger partial charge in [-0.15, -0.1) is 0 Å². The highest BCUT2D eigenvalue weighted by Crippen LogP contribution is 2.28. The molecular weight excluding hydrogens is 368 g/mol. The van der Waals surface area contributed by atoms with E-state index in [2.05, 4.69) is 53.5 Å². The van der Waals surface area contributed by atoms with Gasteiger partial charge in [0, 0.05) is 23.2 Å². The van der Waals surface area contributed by atoms with Crippen molar-refractivity contribution in [2.45, 2.75) is 57.7 Å². The SMILES string of the molecule is CC1(C)CC(N/C(N)=C/N=C(\N)c2ccc(-n3nccn3)cc2O)CC(C)(C)N1. The smallest absolute Gasteiger partial charge is 0.134 e. The zero-order valence-electron chi connectivity index (χ0n) is 17.3. The molecule has 7 N–H and O–H groups in total. The maximum absolute atomic E-state index is 10.3. The molecule has 156 valence electrons. The first-order valence-corrected chi connectivity index (χ1v) is 9.60. The van der Waals surface area contributed by atoms with Gasteiger partial charge in [0.15, 0.2) is 0 Å². The number of aliphatic imine (C=N–C) groups is 1. The van der Waals surface area contributed by atoms with E-state index in [0.29, 0.717) is 17.1 Å². The van der Waals surface area contributed by atoms with Crippen molar-refractivity contribution in [3.05, 3.63) is 48.2 Å². The molecule has 1 saturated heterocycles. The highest BCUT2D eigenvalue weighted by Gasteiger charge is 2.37. The molecule has 0 bridgehead atoms. The molecule has 1 aromatic carbocycles. The molecule has 2 heterocycles. The molecular formula is C20H30N8O. The van der Waals surface area contributed by atoms with Crippen LogP contribution in [0, 0.1) is 0 Å². The highest BCUT2D eigenvalue weighted by atomic mass is 16.3. The lowest BCUT2D eigenvalue weighted by atomic mass is 9.79. The molecule has 1 fully saturated rings. The van der Waals surface area contributed by atoms with Crippen LogP contribution in [0.2, 0.25) is 0 Å². The lowest BCUT2D eigenvalue weighted by Gasteiger charge is -2.46. The van der Waals surface area contributed by atoms with Crippen molar-refractivity contribution in [2.75, 3.05) is 0 Å². The highest BCUT2D eigenvalue weighted by molar-refractivity contribution is 6.00. The summed E-state index contributed by atoms with van der Waals surface area (Å²) < 4.78 is 0. The van der Waals surface area contributed by atoms with Crippen molar-refractivity contribution in [1.82, 2.24) is 25.6 Å². The molecule has 0 saturated carbocycles. The Balaban J connectivity index is 1.70. The summed E-state index contributed by atoms with van der Waals surface area (Å²) in [6.07, 6.45) is 6.49. The second kappa shape index (κ2) is 7.75. The van der Waals surface area contributed by atoms with Crippen LogP contribution >= 0.6 is 0 Å². The third-order valence-corrected chi connectivity index (χ3v) is 4.81. The number of hydrogen-bond donors (Lipinski definition) is 5. The molecule has 2 aromatic rings. The van der Waals surface area contributed by atoms with Crippen LogP contribution in [0.15, 0.2) is 47.6 Å². The number of phenols is 1. The third-order valence-electron chi connectivity index (χ3n) is 4.81. The van der Waals surface area contributed by atoms with Crippen LogP contribution in [0.5, 0.6) is 5.75 Å². The Labute approximate surface area is 170 Å². The van der Waals surface area contributed by atoms with Crippen LogP contribution < -0.4 is 22.1 Å². The van der Waals surface area contributed by atoms with E-state index in [1.54, 1.807) is 24.5 Å². The minimum absolute atomic E-state index is 0.0113. The average molecular weight is 399 g/mol. The summed E-state index contributed by atoms with van der Waals surface area (Å²) in [7, 11) is 0. The van der Waals surface area contributed by atoms with Gasteiger partial charge in [-0.25, -0.2) is 4.99 Å². The molecule has 0 radical (unpaired) electrons. The van der Waals surface area contributed by atoms with Gasteiger partial charge in [-0.2, -0.15) is 15.0 Å². The van der Waals surface area contributed by atoms with Crippen LogP contribution in [-0.2, 0) is 0 Å². The molecule has 1 aliphatic rings. The molecule has 9 nitrogen and oxygen atoms in total. The number of hydrogen-bond acceptors (Lipinski definition) is 7. The van der Waals surface area contributed by atoms with Crippen LogP contribution in [0.1, 0.15) is 46.1 Å². The van der Waals surface area contributed by atoms with Crippen molar-refractivity contribution in [3.8, 4) is 11.4 Å². The molecule has 0 atom stereocenters. The second-order valence-electron chi connectivity index (χ2n) is 8.76. The predicted octanol–water partition coefficient (Wildman–Crippen LogP) is 1.33. The maximum Gasteiger partial charge on any atom is 0.134 e. The monoisotopic (exact) mass is 398 g/mol. The summed E-state index contributed by atoms with van der Waals surface area (Å²) in [6, 6.07) is 5.18. The first-order chi connectivity index (χ1) is 13.5. The van der Waals surface area contributed by atoms with E-state index < -0.39 is 0 Å². The molecule has 9 heteroatoms. The van der Waals surface area contributed by atoms with Gasteiger partial charge < -0.3 is 27.2 Å². The Morgan fingerprint density at radius 1 is 1.21 bits per heavy atom. The molecule has 0 unspecified atom stereocenters. The zero-order chi connectivity index (χ0) is 21.2. The number of nitrogens with zero attached hydrogens (tertiary/aromatic N) is 4. The second-order valence-corrected chi connectivity index (χ2v) is 8.76. The van der Waals surface area contributed by atoms with Crippen molar-refractivity contribution < 1.29 is 5.11 Å². The summed E-state index contributed by atoms with van der Waals surface area (Å²) in [5.41, 5.74) is 13.2. The molecule has 1 aliphatic heterocycles. The van der Waals surface area contributed by atoms with E-state index >= 15 is 0 Å². The lowest BCUT2D eigenvalue weighted by Crippen LogP contribution is -2.61. The Kier molecular flexibility index (Phi) is 5.52. The summed E-state index contributed by atoms with van der Waals surface area (Å²) >= 11 is 0. The van der Waals surface area contributed by atoms with Crippen LogP contribution in [0.4, 0.5) is 0 Å². The fourth-order valence-electron chi connectivity index (χ4n) is 4.12. The maximum atomic E-state index is 10.3. The number of phenolic OH excluding ortho intramolecular Hbond substituents is 1. The Morgan fingerprint density at radius 3 is 2.41 bits per heavy atom. The number of nitrogens with two attached hydrogens (primary N) is 2. The largest absolute Gasteiger partial charge is 0.507 e. The minimum Gasteiger partial charge on any atom is -0.507 e. The Morgan fingerprint density at radius 2 is 1.83 bits per heavy atom. The molecule has 0 aliphatic carbocycles. The van der Waals surface area contributed by atoms with Gasteiger partial charge in [-0.1, -0.05) is 0 Å². The van der Waals surface area contributed by atoms with Gasteiger partial charge in [-0.3, -0.25) is 0 Å². The van der Waals surface area contributed by atoms with Crippen LogP contribution in [0.3, 0.4) is 0 Å². The molecule has 3 rings (SSSR count). The quantitative estimate of drug-likeness (QED) is 0.378. The first-order valence-electron chi connectivity index (χ1n) is 9.60. The standard InChI is InChI=1S/C20H30N8O/c1-19(2)10-13(11-20(3,4)27-19)26-17(21)12-23-18(22)15-6-5-14(9-16(15)29)28-24-7-8-25-28/h5-9,12-13,26-27,29H,10-11,21H2,1-4H3,(H2,22,23)/b17-12+. The fraction of sp³-hybridized carbons (Fsp3) is 0.450. The van der Waals surface area contributed by atoms with Crippen molar-refractivity contribution in [2.24, 2.45) is 16.5 Å². The third kappa shape index (κ3) is 5.26. The topological polar surface area (TPSA) is 139 Å². The average Bonchev–Trinajstić information content (AvgIpc) is 3.11. The van der Waals surface area contributed by atoms with E-state index in [1.165, 1.54) is 17.1 Å². The zero-order valence-corrected chi connectivity index (χ0v) is 17.3. The summed E-state index contributed by atoms with van der Waals surface area (Å²) in [5, 5.41) is 25.3. The molecule has 29 heavy (non-hydrogen) atoms. The summed E-state index contributed by atoms with van der Waals surface area (Å²) in [5.74, 6) is 0.587. The van der Waals surface area contributed by atoms with Gasteiger partial charge in [0.2, 0.25) is 0 Å². The number of aromatic nitrogens is 3. The van der Waals surface area contributed by atoms with E-state index in [9.17, 15) is 5.11 Å². The van der Waals surface area contributed by atoms with Crippen molar-refractivity contribution >= 4 is 5.84 Å². The van der Waals surface area contributed by atoms with Crippen molar-refractivity contribution in [3.63, 3.8) is 0 Å². The van der Waals surface area contributed by atoms with E-state index in [4.69, 9.17) is 11.5 Å². The lowest BCUT2D eigenvalue weighted by molar-refractivity contribution is 0.151. The number of aromatic hydroxyl groups is 1. The first kappa shape index (κ1) is 20.7. The van der Waals surface area contributed by atoms with Crippen LogP contribution in [-0.4, -0.2) is 43.1 Å². The van der Waals surface area contributed by atoms with Gasteiger partial charge >= 0.3 is 0 Å². The van der Waals surface area contributed by atoms with Gasteiger partial charge in [0.05, 0.1) is 29.8 Å². The molecule has 0 amide bonds. The fourth-order valence-corrected chi connectivity index (χ4v) is 4.12. The number of rotatable bonds is 5. The number of benzene rings is 1. The van der Waals surface area contributed by atoms with E-state index in [1.807, 2.05) is 0 Å². The Hall–Kier alpha value is -3.07. The predicted molar refractivity (Wildman–Crippen MR) is 113 cm³/mol. The number of nitrogens with one attached hydrogen (secondary N) is 2. The minimum atomic E-state index is -0.0113. The van der Waals surface area contributed by atoms with Gasteiger partial charge in [0.25, 0.3) is 0 Å². The molecule has 1 aromatic heterocycles. The Bertz CT molecular complexity index is 899. The number of amidine groups is 1. The molecule has 0 spiro atoms. The van der Waals surface area contributed by atoms with Gasteiger partial charge in [-0.05, 0) is 52.7 Å². The summed E-state index contributed by atoms with van der Waals surface area (Å²) in [4.78, 5) is 5.62. The van der Waals surface area contributed by atoms with Crippen molar-refractivity contribution in [1.29, 1.82) is 0 Å². The normalized spacial score (nSPS) is 19.9. The van der Waals surface area contributed by atoms with E-state index in [-0.39, 0.29) is 28.7 Å². The number of piperidine rings is 1. The van der Waals surface area contributed by atoms with Crippen LogP contribution in [0.25, 0.3) is 5.69 Å².